The predicted octanol–water partition coefficient (Wildman–Crippen LogP) is 1.73. The van der Waals surface area contributed by atoms with Crippen molar-refractivity contribution in [1.29, 1.82) is 0 Å². The number of hydrogen-bond acceptors (Lipinski definition) is 4. The van der Waals surface area contributed by atoms with Crippen molar-refractivity contribution in [2.75, 3.05) is 39.0 Å². The molecule has 1 atom stereocenters. The molecule has 0 saturated carbocycles. The molecule has 1 aliphatic heterocycles. The van der Waals surface area contributed by atoms with Crippen molar-refractivity contribution in [2.24, 2.45) is 10.9 Å². The Bertz CT molecular complexity index is 684. The van der Waals surface area contributed by atoms with Gasteiger partial charge in [-0.05, 0) is 37.3 Å². The van der Waals surface area contributed by atoms with Crippen molar-refractivity contribution < 1.29 is 8.42 Å². The minimum Gasteiger partial charge on any atom is -0.357 e. The fourth-order valence-electron chi connectivity index (χ4n) is 2.69. The number of rotatable bonds is 7. The lowest BCUT2D eigenvalue weighted by atomic mass is 10.1. The molecule has 2 N–H and O–H groups in total. The number of halogens is 2. The summed E-state index contributed by atoms with van der Waals surface area (Å²) in [5.41, 5.74) is 1.10. The van der Waals surface area contributed by atoms with Gasteiger partial charge in [0.15, 0.2) is 5.96 Å². The van der Waals surface area contributed by atoms with Gasteiger partial charge in [0, 0.05) is 38.9 Å². The van der Waals surface area contributed by atoms with E-state index < -0.39 is 10.0 Å². The van der Waals surface area contributed by atoms with Gasteiger partial charge in [0.25, 0.3) is 0 Å². The number of aliphatic imine (C=N–C) groups is 1. The first-order valence-electron chi connectivity index (χ1n) is 8.46. The summed E-state index contributed by atoms with van der Waals surface area (Å²) >= 11 is 5.78. The molecule has 1 saturated heterocycles. The smallest absolute Gasteiger partial charge is 0.211 e. The van der Waals surface area contributed by atoms with Crippen molar-refractivity contribution in [3.8, 4) is 0 Å². The highest BCUT2D eigenvalue weighted by atomic mass is 127. The number of nitrogens with zero attached hydrogens (tertiary/aromatic N) is 3. The molecule has 26 heavy (non-hydrogen) atoms. The summed E-state index contributed by atoms with van der Waals surface area (Å²) in [6.45, 7) is 5.28. The highest BCUT2D eigenvalue weighted by molar-refractivity contribution is 14.0. The van der Waals surface area contributed by atoms with Gasteiger partial charge in [0.05, 0.1) is 6.26 Å². The summed E-state index contributed by atoms with van der Waals surface area (Å²) in [4.78, 5) is 8.66. The maximum atomic E-state index is 11.6. The van der Waals surface area contributed by atoms with Gasteiger partial charge in [-0.3, -0.25) is 4.99 Å². The van der Waals surface area contributed by atoms with Gasteiger partial charge in [0.1, 0.15) is 5.15 Å². The van der Waals surface area contributed by atoms with E-state index in [9.17, 15) is 8.42 Å². The molecule has 2 rings (SSSR count). The molecular weight excluding hydrogens is 489 g/mol. The molecule has 0 radical (unpaired) electrons. The molecule has 0 aromatic carbocycles. The fourth-order valence-corrected chi connectivity index (χ4v) is 3.72. The largest absolute Gasteiger partial charge is 0.357 e. The van der Waals surface area contributed by atoms with E-state index in [0.29, 0.717) is 24.8 Å². The minimum atomic E-state index is -3.09. The molecule has 7 nitrogen and oxygen atoms in total. The molecule has 0 bridgehead atoms. The molecule has 148 valence electrons. The number of nitrogens with one attached hydrogen (secondary N) is 2. The van der Waals surface area contributed by atoms with Crippen LogP contribution in [0, 0.1) is 5.92 Å². The molecule has 0 spiro atoms. The molecule has 1 fully saturated rings. The predicted molar refractivity (Wildman–Crippen MR) is 117 cm³/mol. The van der Waals surface area contributed by atoms with Crippen LogP contribution in [0.25, 0.3) is 0 Å². The van der Waals surface area contributed by atoms with Crippen LogP contribution in [0.15, 0.2) is 23.3 Å². The lowest BCUT2D eigenvalue weighted by molar-refractivity contribution is 0.464. The van der Waals surface area contributed by atoms with E-state index >= 15 is 0 Å². The Morgan fingerprint density at radius 2 is 2.19 bits per heavy atom. The summed E-state index contributed by atoms with van der Waals surface area (Å²) in [5, 5.41) is 7.00. The normalized spacial score (nSPS) is 18.4. The van der Waals surface area contributed by atoms with Gasteiger partial charge in [-0.2, -0.15) is 0 Å². The van der Waals surface area contributed by atoms with E-state index in [2.05, 4.69) is 20.6 Å². The highest BCUT2D eigenvalue weighted by Crippen LogP contribution is 2.18. The highest BCUT2D eigenvalue weighted by Gasteiger charge is 2.28. The number of hydrogen-bond donors (Lipinski definition) is 2. The van der Waals surface area contributed by atoms with Gasteiger partial charge >= 0.3 is 0 Å². The Kier molecular flexibility index (Phi) is 10.1. The van der Waals surface area contributed by atoms with Crippen LogP contribution in [0.3, 0.4) is 0 Å². The zero-order chi connectivity index (χ0) is 18.3. The van der Waals surface area contributed by atoms with Gasteiger partial charge in [-0.25, -0.2) is 17.7 Å². The first kappa shape index (κ1) is 23.4. The van der Waals surface area contributed by atoms with Crippen LogP contribution in [-0.4, -0.2) is 62.6 Å². The van der Waals surface area contributed by atoms with Gasteiger partial charge < -0.3 is 10.6 Å². The van der Waals surface area contributed by atoms with Crippen molar-refractivity contribution in [3.05, 3.63) is 29.0 Å². The second-order valence-electron chi connectivity index (χ2n) is 6.16. The molecule has 1 aromatic rings. The summed E-state index contributed by atoms with van der Waals surface area (Å²) in [6.07, 6.45) is 4.70. The van der Waals surface area contributed by atoms with Crippen LogP contribution >= 0.6 is 35.6 Å². The molecule has 1 aromatic heterocycles. The second-order valence-corrected chi connectivity index (χ2v) is 8.53. The Morgan fingerprint density at radius 3 is 2.77 bits per heavy atom. The van der Waals surface area contributed by atoms with E-state index in [1.54, 1.807) is 12.3 Å². The zero-order valence-electron chi connectivity index (χ0n) is 15.1. The van der Waals surface area contributed by atoms with Crippen molar-refractivity contribution >= 4 is 51.6 Å². The quantitative estimate of drug-likeness (QED) is 0.250. The van der Waals surface area contributed by atoms with Gasteiger partial charge in [-0.1, -0.05) is 17.7 Å². The molecular formula is C16H27ClIN5O2S. The Balaban J connectivity index is 0.00000338. The number of guanidine groups is 1. The van der Waals surface area contributed by atoms with E-state index in [0.717, 1.165) is 37.5 Å². The summed E-state index contributed by atoms with van der Waals surface area (Å²) in [7, 11) is -3.09. The first-order valence-corrected chi connectivity index (χ1v) is 10.7. The third kappa shape index (κ3) is 7.93. The lowest BCUT2D eigenvalue weighted by Crippen LogP contribution is -2.38. The van der Waals surface area contributed by atoms with Crippen molar-refractivity contribution in [3.63, 3.8) is 0 Å². The third-order valence-electron chi connectivity index (χ3n) is 4.06. The average Bonchev–Trinajstić information content (AvgIpc) is 3.04. The minimum absolute atomic E-state index is 0. The van der Waals surface area contributed by atoms with E-state index in [-0.39, 0.29) is 29.9 Å². The summed E-state index contributed by atoms with van der Waals surface area (Å²) in [5.74, 6) is 1.02. The Hall–Kier alpha value is -0.650. The van der Waals surface area contributed by atoms with Crippen LogP contribution < -0.4 is 10.6 Å². The Labute approximate surface area is 178 Å². The molecule has 0 aliphatic carbocycles. The van der Waals surface area contributed by atoms with E-state index in [1.165, 1.54) is 10.6 Å². The lowest BCUT2D eigenvalue weighted by Gasteiger charge is -2.14. The molecule has 1 aliphatic rings. The number of pyridine rings is 1. The van der Waals surface area contributed by atoms with Crippen LogP contribution in [0.2, 0.25) is 5.15 Å². The molecule has 10 heteroatoms. The average molecular weight is 516 g/mol. The summed E-state index contributed by atoms with van der Waals surface area (Å²) < 4.78 is 24.7. The second kappa shape index (κ2) is 11.3. The maximum absolute atomic E-state index is 11.6. The summed E-state index contributed by atoms with van der Waals surface area (Å²) in [6, 6.07) is 3.74. The SMILES string of the molecule is CCNC(=NCC1CCN(S(C)(=O)=O)C1)NCCc1ccc(Cl)nc1.I. The van der Waals surface area contributed by atoms with Crippen LogP contribution in [0.4, 0.5) is 0 Å². The molecule has 0 amide bonds. The molecule has 2 heterocycles. The number of sulfonamides is 1. The van der Waals surface area contributed by atoms with Crippen LogP contribution in [-0.2, 0) is 16.4 Å². The van der Waals surface area contributed by atoms with E-state index in [4.69, 9.17) is 11.6 Å². The van der Waals surface area contributed by atoms with Crippen molar-refractivity contribution in [1.82, 2.24) is 19.9 Å². The van der Waals surface area contributed by atoms with E-state index in [1.807, 2.05) is 13.0 Å². The van der Waals surface area contributed by atoms with Crippen molar-refractivity contribution in [2.45, 2.75) is 19.8 Å². The standard InChI is InChI=1S/C16H26ClN5O2S.HI/c1-3-18-16(19-8-6-13-4-5-15(17)20-10-13)21-11-14-7-9-22(12-14)25(2,23)24;/h4-5,10,14H,3,6-9,11-12H2,1-2H3,(H2,18,19,21);1H. The zero-order valence-corrected chi connectivity index (χ0v) is 19.0. The molecule has 1 unspecified atom stereocenters. The van der Waals surface area contributed by atoms with Crippen LogP contribution in [0.1, 0.15) is 18.9 Å². The maximum Gasteiger partial charge on any atom is 0.211 e. The van der Waals surface area contributed by atoms with Gasteiger partial charge in [-0.15, -0.1) is 24.0 Å². The topological polar surface area (TPSA) is 86.7 Å². The Morgan fingerprint density at radius 1 is 1.42 bits per heavy atom. The first-order chi connectivity index (χ1) is 11.9. The monoisotopic (exact) mass is 515 g/mol. The van der Waals surface area contributed by atoms with Crippen LogP contribution in [0.5, 0.6) is 0 Å². The third-order valence-corrected chi connectivity index (χ3v) is 5.56. The van der Waals surface area contributed by atoms with Gasteiger partial charge in [0.2, 0.25) is 10.0 Å². The fraction of sp³-hybridized carbons (Fsp3) is 0.625. The number of aromatic nitrogens is 1.